The lowest BCUT2D eigenvalue weighted by Crippen LogP contribution is -2.60. The number of nitrogens with one attached hydrogen (secondary N) is 1. The molecule has 2 aliphatic heterocycles. The van der Waals surface area contributed by atoms with Crippen molar-refractivity contribution in [3.63, 3.8) is 0 Å². The van der Waals surface area contributed by atoms with Gasteiger partial charge in [-0.25, -0.2) is 9.59 Å². The van der Waals surface area contributed by atoms with Gasteiger partial charge in [-0.1, -0.05) is 48.5 Å². The van der Waals surface area contributed by atoms with E-state index in [1.165, 1.54) is 12.0 Å². The number of benzene rings is 2. The van der Waals surface area contributed by atoms with Crippen LogP contribution in [-0.4, -0.2) is 65.4 Å². The zero-order valence-corrected chi connectivity index (χ0v) is 19.9. The predicted molar refractivity (Wildman–Crippen MR) is 128 cm³/mol. The molecule has 2 aromatic rings. The van der Waals surface area contributed by atoms with E-state index in [4.69, 9.17) is 9.47 Å². The lowest BCUT2D eigenvalue weighted by Gasteiger charge is -2.35. The Bertz CT molecular complexity index is 1110. The number of rotatable bonds is 7. The van der Waals surface area contributed by atoms with Gasteiger partial charge < -0.3 is 24.8 Å². The Kier molecular flexibility index (Phi) is 6.01. The van der Waals surface area contributed by atoms with Gasteiger partial charge in [0, 0.05) is 19.1 Å². The number of nitrogens with zero attached hydrogens (tertiary/aromatic N) is 1. The Labute approximate surface area is 204 Å². The fraction of sp³-hybridized carbons (Fsp3) is 0.444. The molecule has 2 N–H and O–H groups in total. The highest BCUT2D eigenvalue weighted by molar-refractivity contribution is 5.93. The first-order valence-electron chi connectivity index (χ1n) is 12.1. The number of methoxy groups -OCH3 is 1. The normalized spacial score (nSPS) is 23.9. The summed E-state index contributed by atoms with van der Waals surface area (Å²) < 4.78 is 11.0. The van der Waals surface area contributed by atoms with Gasteiger partial charge in [-0.15, -0.1) is 0 Å². The van der Waals surface area contributed by atoms with Gasteiger partial charge in [-0.2, -0.15) is 0 Å². The monoisotopic (exact) mass is 478 g/mol. The van der Waals surface area contributed by atoms with Crippen LogP contribution in [0.5, 0.6) is 0 Å². The molecule has 2 fully saturated rings. The molecule has 2 saturated heterocycles. The van der Waals surface area contributed by atoms with E-state index in [-0.39, 0.29) is 18.6 Å². The number of carbonyl (C=O) groups is 3. The van der Waals surface area contributed by atoms with E-state index in [2.05, 4.69) is 17.4 Å². The van der Waals surface area contributed by atoms with Crippen LogP contribution in [0.15, 0.2) is 48.5 Å². The van der Waals surface area contributed by atoms with Crippen molar-refractivity contribution in [1.29, 1.82) is 0 Å². The van der Waals surface area contributed by atoms with E-state index >= 15 is 0 Å². The highest BCUT2D eigenvalue weighted by Gasteiger charge is 2.60. The first-order valence-corrected chi connectivity index (χ1v) is 12.1. The molecule has 35 heavy (non-hydrogen) atoms. The molecule has 0 aromatic heterocycles. The number of hydrogen-bond acceptors (Lipinski definition) is 5. The summed E-state index contributed by atoms with van der Waals surface area (Å²) in [5.74, 6) is -1.53. The third kappa shape index (κ3) is 3.76. The van der Waals surface area contributed by atoms with Crippen molar-refractivity contribution in [2.45, 2.75) is 62.3 Å². The molecule has 2 bridgehead atoms. The zero-order valence-electron chi connectivity index (χ0n) is 19.9. The van der Waals surface area contributed by atoms with Crippen LogP contribution < -0.4 is 5.32 Å². The summed E-state index contributed by atoms with van der Waals surface area (Å²) in [6, 6.07) is 14.9. The van der Waals surface area contributed by atoms with Gasteiger partial charge in [0.15, 0.2) is 0 Å². The summed E-state index contributed by atoms with van der Waals surface area (Å²) in [5.41, 5.74) is 3.24. The summed E-state index contributed by atoms with van der Waals surface area (Å²) in [6.07, 6.45) is 0.766. The average Bonchev–Trinajstić information content (AvgIpc) is 3.54. The fourth-order valence-corrected chi connectivity index (χ4v) is 6.07. The first-order chi connectivity index (χ1) is 16.9. The van der Waals surface area contributed by atoms with E-state index in [9.17, 15) is 19.5 Å². The molecule has 184 valence electrons. The van der Waals surface area contributed by atoms with Crippen LogP contribution >= 0.6 is 0 Å². The molecule has 5 rings (SSSR count). The highest BCUT2D eigenvalue weighted by Crippen LogP contribution is 2.47. The number of aliphatic carboxylic acids is 1. The Morgan fingerprint density at radius 2 is 1.63 bits per heavy atom. The zero-order chi connectivity index (χ0) is 24.7. The van der Waals surface area contributed by atoms with Gasteiger partial charge in [-0.05, 0) is 54.9 Å². The molecule has 3 aliphatic rings. The van der Waals surface area contributed by atoms with Crippen molar-refractivity contribution in [2.24, 2.45) is 0 Å². The Morgan fingerprint density at radius 3 is 2.17 bits per heavy atom. The molecule has 1 aliphatic carbocycles. The van der Waals surface area contributed by atoms with Crippen LogP contribution in [-0.2, 0) is 19.1 Å². The quantitative estimate of drug-likeness (QED) is 0.631. The number of alkyl carbamates (subject to hydrolysis) is 1. The molecule has 0 spiro atoms. The topological polar surface area (TPSA) is 105 Å². The number of carboxylic acids is 1. The summed E-state index contributed by atoms with van der Waals surface area (Å²) >= 11 is 0. The molecule has 2 heterocycles. The maximum absolute atomic E-state index is 13.6. The molecule has 2 atom stereocenters. The second-order valence-corrected chi connectivity index (χ2v) is 9.66. The van der Waals surface area contributed by atoms with Crippen LogP contribution in [0.1, 0.15) is 49.7 Å². The van der Waals surface area contributed by atoms with Crippen molar-refractivity contribution in [3.05, 3.63) is 59.7 Å². The number of carboxylic acid groups (broad SMARTS) is 1. The van der Waals surface area contributed by atoms with Crippen molar-refractivity contribution in [2.75, 3.05) is 13.7 Å². The Balaban J connectivity index is 1.31. The van der Waals surface area contributed by atoms with Crippen LogP contribution in [0.3, 0.4) is 0 Å². The molecule has 0 saturated carbocycles. The van der Waals surface area contributed by atoms with Crippen LogP contribution in [0.2, 0.25) is 0 Å². The standard InChI is InChI=1S/C27H30N2O6/c1-16(34-2)23(24(30)29-17-11-13-27(29,14-12-17)25(31)32)28-26(33)35-15-22-20-9-5-3-7-18(20)19-8-4-6-10-21(19)22/h3-10,16-17,22-23H,11-15H2,1-2H3,(H,28,33)(H,31,32)/t16-,17?,23+,27?/m1/s1. The summed E-state index contributed by atoms with van der Waals surface area (Å²) in [7, 11) is 1.45. The lowest BCUT2D eigenvalue weighted by atomic mass is 9.88. The van der Waals surface area contributed by atoms with E-state index in [0.29, 0.717) is 25.7 Å². The van der Waals surface area contributed by atoms with Crippen molar-refractivity contribution in [3.8, 4) is 11.1 Å². The average molecular weight is 479 g/mol. The third-order valence-corrected chi connectivity index (χ3v) is 7.97. The fourth-order valence-electron chi connectivity index (χ4n) is 6.07. The molecule has 0 radical (unpaired) electrons. The van der Waals surface area contributed by atoms with E-state index in [1.54, 1.807) is 6.92 Å². The van der Waals surface area contributed by atoms with Gasteiger partial charge in [0.1, 0.15) is 18.2 Å². The van der Waals surface area contributed by atoms with E-state index in [0.717, 1.165) is 22.3 Å². The van der Waals surface area contributed by atoms with Gasteiger partial charge in [-0.3, -0.25) is 4.79 Å². The van der Waals surface area contributed by atoms with E-state index in [1.807, 2.05) is 36.4 Å². The first kappa shape index (κ1) is 23.4. The molecule has 2 aromatic carbocycles. The van der Waals surface area contributed by atoms with Gasteiger partial charge in [0.05, 0.1) is 6.10 Å². The number of amides is 2. The molecular weight excluding hydrogens is 448 g/mol. The second kappa shape index (κ2) is 9.00. The highest BCUT2D eigenvalue weighted by atomic mass is 16.5. The molecule has 0 unspecified atom stereocenters. The number of ether oxygens (including phenoxy) is 2. The van der Waals surface area contributed by atoms with Gasteiger partial charge in [0.25, 0.3) is 0 Å². The number of fused-ring (bicyclic) bond motifs is 5. The predicted octanol–water partition coefficient (Wildman–Crippen LogP) is 3.54. The van der Waals surface area contributed by atoms with Crippen molar-refractivity contribution in [1.82, 2.24) is 10.2 Å². The largest absolute Gasteiger partial charge is 0.479 e. The third-order valence-electron chi connectivity index (χ3n) is 7.97. The smallest absolute Gasteiger partial charge is 0.407 e. The van der Waals surface area contributed by atoms with Crippen molar-refractivity contribution >= 4 is 18.0 Å². The number of hydrogen-bond donors (Lipinski definition) is 2. The maximum atomic E-state index is 13.6. The van der Waals surface area contributed by atoms with Crippen LogP contribution in [0, 0.1) is 0 Å². The number of carbonyl (C=O) groups excluding carboxylic acids is 2. The molecule has 8 heteroatoms. The van der Waals surface area contributed by atoms with Crippen LogP contribution in [0.25, 0.3) is 11.1 Å². The lowest BCUT2D eigenvalue weighted by molar-refractivity contribution is -0.157. The van der Waals surface area contributed by atoms with Crippen molar-refractivity contribution < 1.29 is 29.0 Å². The molecule has 8 nitrogen and oxygen atoms in total. The second-order valence-electron chi connectivity index (χ2n) is 9.66. The van der Waals surface area contributed by atoms with Crippen LogP contribution in [0.4, 0.5) is 4.79 Å². The van der Waals surface area contributed by atoms with Gasteiger partial charge >= 0.3 is 12.1 Å². The minimum absolute atomic E-state index is 0.105. The minimum Gasteiger partial charge on any atom is -0.479 e. The van der Waals surface area contributed by atoms with Gasteiger partial charge in [0.2, 0.25) is 5.91 Å². The Morgan fingerprint density at radius 1 is 1.06 bits per heavy atom. The molecule has 2 amide bonds. The maximum Gasteiger partial charge on any atom is 0.407 e. The SMILES string of the molecule is CO[C@H](C)[C@H](NC(=O)OCC1c2ccccc2-c2ccccc21)C(=O)N1C2CCC1(C(=O)O)CC2. The molecular formula is C27H30N2O6. The summed E-state index contributed by atoms with van der Waals surface area (Å²) in [4.78, 5) is 40.0. The summed E-state index contributed by atoms with van der Waals surface area (Å²) in [6.45, 7) is 1.80. The van der Waals surface area contributed by atoms with E-state index < -0.39 is 35.7 Å². The summed E-state index contributed by atoms with van der Waals surface area (Å²) in [5, 5.41) is 12.6. The minimum atomic E-state index is -1.20. The Hall–Kier alpha value is -3.39.